The molecule has 0 aliphatic carbocycles. The van der Waals surface area contributed by atoms with Crippen LogP contribution in [-0.2, 0) is 7.05 Å². The number of piperazine rings is 1. The van der Waals surface area contributed by atoms with Crippen LogP contribution in [-0.4, -0.2) is 51.7 Å². The third-order valence-electron chi connectivity index (χ3n) is 6.46. The van der Waals surface area contributed by atoms with E-state index >= 15 is 0 Å². The van der Waals surface area contributed by atoms with E-state index in [9.17, 15) is 4.79 Å². The van der Waals surface area contributed by atoms with Gasteiger partial charge in [0.25, 0.3) is 5.91 Å². The zero-order valence-corrected chi connectivity index (χ0v) is 19.2. The maximum absolute atomic E-state index is 13.2. The molecule has 2 heterocycles. The highest BCUT2D eigenvalue weighted by Gasteiger charge is 2.27. The van der Waals surface area contributed by atoms with E-state index in [0.29, 0.717) is 11.7 Å². The van der Waals surface area contributed by atoms with Gasteiger partial charge in [-0.25, -0.2) is 0 Å². The van der Waals surface area contributed by atoms with Gasteiger partial charge in [0.2, 0.25) is 0 Å². The average molecular weight is 417 g/mol. The van der Waals surface area contributed by atoms with E-state index in [-0.39, 0.29) is 5.91 Å². The Morgan fingerprint density at radius 2 is 1.55 bits per heavy atom. The number of aromatic nitrogens is 2. The number of carbonyl (C=O) groups is 1. The number of nitrogens with zero attached hydrogens (tertiary/aromatic N) is 4. The number of aryl methyl sites for hydroxylation is 4. The Kier molecular flexibility index (Phi) is 5.96. The van der Waals surface area contributed by atoms with Crippen LogP contribution in [0.3, 0.4) is 0 Å². The first-order valence-corrected chi connectivity index (χ1v) is 11.1. The van der Waals surface area contributed by atoms with Crippen molar-refractivity contribution in [2.45, 2.75) is 33.7 Å². The number of carbonyl (C=O) groups excluding carboxylic acids is 1. The molecule has 1 aliphatic heterocycles. The minimum absolute atomic E-state index is 0.0243. The van der Waals surface area contributed by atoms with E-state index in [1.165, 1.54) is 27.8 Å². The van der Waals surface area contributed by atoms with E-state index in [2.05, 4.69) is 74.1 Å². The van der Waals surface area contributed by atoms with Gasteiger partial charge in [0.15, 0.2) is 5.69 Å². The minimum atomic E-state index is 0.0243. The van der Waals surface area contributed by atoms with Crippen molar-refractivity contribution in [3.05, 3.63) is 76.5 Å². The zero-order valence-electron chi connectivity index (χ0n) is 19.2. The van der Waals surface area contributed by atoms with Crippen molar-refractivity contribution in [1.82, 2.24) is 19.6 Å². The highest BCUT2D eigenvalue weighted by atomic mass is 16.2. The van der Waals surface area contributed by atoms with Gasteiger partial charge >= 0.3 is 0 Å². The molecule has 5 nitrogen and oxygen atoms in total. The van der Waals surface area contributed by atoms with Crippen LogP contribution in [0.5, 0.6) is 0 Å². The standard InChI is InChI=1S/C26H32N4O/c1-18-15-19(2)25(20(3)16-18)24-17-23(27-28(24)5)26(31)30-13-11-29(12-14-30)21(4)22-9-7-6-8-10-22/h6-10,15-17,21H,11-14H2,1-5H3/t21-/m1/s1. The van der Waals surface area contributed by atoms with Gasteiger partial charge in [-0.1, -0.05) is 48.0 Å². The first kappa shape index (κ1) is 21.3. The lowest BCUT2D eigenvalue weighted by Gasteiger charge is -2.38. The molecule has 0 N–H and O–H groups in total. The molecule has 0 saturated carbocycles. The molecule has 1 saturated heterocycles. The molecule has 2 aromatic carbocycles. The van der Waals surface area contributed by atoms with Crippen LogP contribution in [0, 0.1) is 20.8 Å². The maximum atomic E-state index is 13.2. The smallest absolute Gasteiger partial charge is 0.274 e. The number of hydrogen-bond acceptors (Lipinski definition) is 3. The van der Waals surface area contributed by atoms with Crippen molar-refractivity contribution in [1.29, 1.82) is 0 Å². The lowest BCUT2D eigenvalue weighted by Crippen LogP contribution is -2.49. The fraction of sp³-hybridized carbons (Fsp3) is 0.385. The summed E-state index contributed by atoms with van der Waals surface area (Å²) < 4.78 is 1.84. The summed E-state index contributed by atoms with van der Waals surface area (Å²) in [5.74, 6) is 0.0243. The van der Waals surface area contributed by atoms with Crippen molar-refractivity contribution in [2.75, 3.05) is 26.2 Å². The molecule has 5 heteroatoms. The number of amides is 1. The van der Waals surface area contributed by atoms with Crippen LogP contribution in [0.4, 0.5) is 0 Å². The number of hydrogen-bond donors (Lipinski definition) is 0. The Bertz CT molecular complexity index is 1060. The Hall–Kier alpha value is -2.92. The first-order chi connectivity index (χ1) is 14.8. The lowest BCUT2D eigenvalue weighted by molar-refractivity contribution is 0.0576. The predicted octanol–water partition coefficient (Wildman–Crippen LogP) is 4.53. The first-order valence-electron chi connectivity index (χ1n) is 11.1. The summed E-state index contributed by atoms with van der Waals surface area (Å²) in [5.41, 5.74) is 7.68. The number of rotatable bonds is 4. The van der Waals surface area contributed by atoms with Gasteiger partial charge < -0.3 is 4.90 Å². The molecule has 0 radical (unpaired) electrons. The van der Waals surface area contributed by atoms with Crippen LogP contribution in [0.2, 0.25) is 0 Å². The Morgan fingerprint density at radius 3 is 2.16 bits per heavy atom. The van der Waals surface area contributed by atoms with Crippen LogP contribution in [0.1, 0.15) is 45.7 Å². The van der Waals surface area contributed by atoms with Crippen molar-refractivity contribution >= 4 is 5.91 Å². The summed E-state index contributed by atoms with van der Waals surface area (Å²) in [6.07, 6.45) is 0. The molecule has 4 rings (SSSR count). The zero-order chi connectivity index (χ0) is 22.1. The second kappa shape index (κ2) is 8.67. The second-order valence-electron chi connectivity index (χ2n) is 8.73. The molecule has 1 aliphatic rings. The van der Waals surface area contributed by atoms with Crippen LogP contribution >= 0.6 is 0 Å². The monoisotopic (exact) mass is 416 g/mol. The summed E-state index contributed by atoms with van der Waals surface area (Å²) >= 11 is 0. The van der Waals surface area contributed by atoms with E-state index in [1.807, 2.05) is 28.8 Å². The van der Waals surface area contributed by atoms with E-state index in [0.717, 1.165) is 31.9 Å². The van der Waals surface area contributed by atoms with Crippen molar-refractivity contribution in [3.8, 4) is 11.3 Å². The lowest BCUT2D eigenvalue weighted by atomic mass is 9.97. The van der Waals surface area contributed by atoms with Gasteiger partial charge in [-0.2, -0.15) is 5.10 Å². The topological polar surface area (TPSA) is 41.4 Å². The van der Waals surface area contributed by atoms with Gasteiger partial charge in [0.1, 0.15) is 0 Å². The van der Waals surface area contributed by atoms with E-state index in [4.69, 9.17) is 0 Å². The molecule has 31 heavy (non-hydrogen) atoms. The van der Waals surface area contributed by atoms with Gasteiger partial charge in [-0.15, -0.1) is 0 Å². The highest BCUT2D eigenvalue weighted by Crippen LogP contribution is 2.29. The van der Waals surface area contributed by atoms with Gasteiger partial charge in [0.05, 0.1) is 5.69 Å². The molecular weight excluding hydrogens is 384 g/mol. The molecule has 1 fully saturated rings. The molecule has 3 aromatic rings. The van der Waals surface area contributed by atoms with Gasteiger partial charge in [-0.05, 0) is 50.5 Å². The van der Waals surface area contributed by atoms with Gasteiger partial charge in [0, 0.05) is 44.8 Å². The third-order valence-corrected chi connectivity index (χ3v) is 6.46. The Balaban J connectivity index is 1.48. The second-order valence-corrected chi connectivity index (χ2v) is 8.73. The van der Waals surface area contributed by atoms with Crippen molar-refractivity contribution in [3.63, 3.8) is 0 Å². The number of benzene rings is 2. The van der Waals surface area contributed by atoms with E-state index in [1.54, 1.807) is 0 Å². The van der Waals surface area contributed by atoms with E-state index < -0.39 is 0 Å². The molecule has 1 amide bonds. The normalized spacial score (nSPS) is 15.8. The summed E-state index contributed by atoms with van der Waals surface area (Å²) in [6.45, 7) is 11.8. The molecular formula is C26H32N4O. The quantitative estimate of drug-likeness (QED) is 0.627. The predicted molar refractivity (Wildman–Crippen MR) is 125 cm³/mol. The molecule has 0 unspecified atom stereocenters. The van der Waals surface area contributed by atoms with Crippen LogP contribution in [0.25, 0.3) is 11.3 Å². The van der Waals surface area contributed by atoms with Crippen LogP contribution < -0.4 is 0 Å². The van der Waals surface area contributed by atoms with Gasteiger partial charge in [-0.3, -0.25) is 14.4 Å². The largest absolute Gasteiger partial charge is 0.335 e. The molecule has 0 spiro atoms. The summed E-state index contributed by atoms with van der Waals surface area (Å²) in [4.78, 5) is 17.6. The molecule has 0 bridgehead atoms. The maximum Gasteiger partial charge on any atom is 0.274 e. The Labute approximate surface area is 185 Å². The summed E-state index contributed by atoms with van der Waals surface area (Å²) in [5, 5.41) is 4.58. The molecule has 1 aromatic heterocycles. The minimum Gasteiger partial charge on any atom is -0.335 e. The molecule has 162 valence electrons. The van der Waals surface area contributed by atoms with Crippen molar-refractivity contribution in [2.24, 2.45) is 7.05 Å². The van der Waals surface area contributed by atoms with Crippen LogP contribution in [0.15, 0.2) is 48.5 Å². The Morgan fingerprint density at radius 1 is 0.935 bits per heavy atom. The average Bonchev–Trinajstić information content (AvgIpc) is 3.14. The fourth-order valence-corrected chi connectivity index (χ4v) is 4.81. The third kappa shape index (κ3) is 4.28. The molecule has 1 atom stereocenters. The fourth-order valence-electron chi connectivity index (χ4n) is 4.81. The summed E-state index contributed by atoms with van der Waals surface area (Å²) in [6, 6.07) is 17.2. The SMILES string of the molecule is Cc1cc(C)c(-c2cc(C(=O)N3CCN([C@H](C)c4ccccc4)CC3)nn2C)c(C)c1. The summed E-state index contributed by atoms with van der Waals surface area (Å²) in [7, 11) is 1.92. The van der Waals surface area contributed by atoms with Crippen molar-refractivity contribution < 1.29 is 4.79 Å². The highest BCUT2D eigenvalue weighted by molar-refractivity contribution is 5.93.